The summed E-state index contributed by atoms with van der Waals surface area (Å²) in [7, 11) is 4.21. The number of thiophene rings is 1. The number of nitrogens with zero attached hydrogens (tertiary/aromatic N) is 1. The molecule has 1 aromatic heterocycles. The molecule has 2 rings (SSSR count). The molecule has 2 aromatic rings. The van der Waals surface area contributed by atoms with Gasteiger partial charge in [0.15, 0.2) is 0 Å². The predicted molar refractivity (Wildman–Crippen MR) is 101 cm³/mol. The van der Waals surface area contributed by atoms with Crippen LogP contribution in [0.25, 0.3) is 10.1 Å². The zero-order valence-corrected chi connectivity index (χ0v) is 15.6. The molecule has 22 heavy (non-hydrogen) atoms. The van der Waals surface area contributed by atoms with E-state index < -0.39 is 0 Å². The van der Waals surface area contributed by atoms with E-state index in [1.165, 1.54) is 46.3 Å². The van der Waals surface area contributed by atoms with Crippen LogP contribution in [0.15, 0.2) is 24.3 Å². The number of ether oxygens (including phenoxy) is 1. The first-order chi connectivity index (χ1) is 10.7. The van der Waals surface area contributed by atoms with E-state index in [0.717, 1.165) is 13.2 Å². The summed E-state index contributed by atoms with van der Waals surface area (Å²) in [6, 6.07) is 8.61. The molecular formula is C19H31NOS. The van der Waals surface area contributed by atoms with E-state index in [1.807, 2.05) is 25.2 Å². The van der Waals surface area contributed by atoms with Crippen LogP contribution in [-0.4, -0.2) is 20.7 Å². The molecule has 124 valence electrons. The summed E-state index contributed by atoms with van der Waals surface area (Å²) in [6.45, 7) is 7.84. The first kappa shape index (κ1) is 19.0. The lowest BCUT2D eigenvalue weighted by Crippen LogP contribution is -2.09. The number of hydrogen-bond donors (Lipinski definition) is 0. The van der Waals surface area contributed by atoms with Crippen molar-refractivity contribution in [3.63, 3.8) is 0 Å². The van der Waals surface area contributed by atoms with Gasteiger partial charge in [-0.2, -0.15) is 0 Å². The maximum atomic E-state index is 5.90. The summed E-state index contributed by atoms with van der Waals surface area (Å²) in [5.74, 6) is 0. The third kappa shape index (κ3) is 5.29. The molecule has 0 radical (unpaired) electrons. The largest absolute Gasteiger partial charge is 0.377 e. The van der Waals surface area contributed by atoms with Crippen molar-refractivity contribution in [2.75, 3.05) is 25.6 Å². The van der Waals surface area contributed by atoms with Crippen LogP contribution in [0.3, 0.4) is 0 Å². The second kappa shape index (κ2) is 10.6. The molecular weight excluding hydrogens is 290 g/mol. The molecule has 1 heterocycles. The smallest absolute Gasteiger partial charge is 0.0971 e. The van der Waals surface area contributed by atoms with Crippen LogP contribution in [0.5, 0.6) is 0 Å². The first-order valence-electron chi connectivity index (χ1n) is 8.49. The molecule has 0 N–H and O–H groups in total. The molecule has 0 amide bonds. The van der Waals surface area contributed by atoms with E-state index in [0.29, 0.717) is 0 Å². The summed E-state index contributed by atoms with van der Waals surface area (Å²) < 4.78 is 7.25. The van der Waals surface area contributed by atoms with Gasteiger partial charge in [-0.1, -0.05) is 58.2 Å². The lowest BCUT2D eigenvalue weighted by molar-refractivity contribution is 0.118. The highest BCUT2D eigenvalue weighted by atomic mass is 32.1. The number of rotatable bonds is 8. The van der Waals surface area contributed by atoms with Gasteiger partial charge in [0.1, 0.15) is 0 Å². The maximum absolute atomic E-state index is 5.90. The Kier molecular flexibility index (Phi) is 9.17. The third-order valence-electron chi connectivity index (χ3n) is 3.47. The quantitative estimate of drug-likeness (QED) is 0.545. The highest BCUT2D eigenvalue weighted by molar-refractivity contribution is 7.23. The number of fused-ring (bicyclic) bond motifs is 1. The standard InChI is InChI=1S/C17H25NOS.C2H6/c1-4-5-6-9-12-19-13-15-14-10-7-8-11-16(14)20-17(15)18(2)3;1-2/h7-8,10-11H,4-6,9,12-13H2,1-3H3;1-2H3. The van der Waals surface area contributed by atoms with Gasteiger partial charge in [0.2, 0.25) is 0 Å². The first-order valence-corrected chi connectivity index (χ1v) is 9.31. The van der Waals surface area contributed by atoms with Crippen molar-refractivity contribution < 1.29 is 4.74 Å². The van der Waals surface area contributed by atoms with Crippen molar-refractivity contribution in [2.24, 2.45) is 0 Å². The summed E-state index contributed by atoms with van der Waals surface area (Å²) in [6.07, 6.45) is 5.04. The summed E-state index contributed by atoms with van der Waals surface area (Å²) >= 11 is 1.85. The van der Waals surface area contributed by atoms with Gasteiger partial charge in [-0.3, -0.25) is 0 Å². The molecule has 1 aromatic carbocycles. The molecule has 3 heteroatoms. The number of unbranched alkanes of at least 4 members (excludes halogenated alkanes) is 3. The van der Waals surface area contributed by atoms with Gasteiger partial charge in [0.05, 0.1) is 11.6 Å². The summed E-state index contributed by atoms with van der Waals surface area (Å²) in [4.78, 5) is 2.19. The molecule has 0 aliphatic heterocycles. The van der Waals surface area contributed by atoms with Crippen molar-refractivity contribution in [1.82, 2.24) is 0 Å². The number of anilines is 1. The minimum atomic E-state index is 0.726. The highest BCUT2D eigenvalue weighted by Gasteiger charge is 2.13. The molecule has 0 unspecified atom stereocenters. The molecule has 0 atom stereocenters. The fraction of sp³-hybridized carbons (Fsp3) is 0.579. The molecule has 2 nitrogen and oxygen atoms in total. The van der Waals surface area contributed by atoms with Gasteiger partial charge in [-0.15, -0.1) is 11.3 Å². The van der Waals surface area contributed by atoms with Gasteiger partial charge in [0, 0.05) is 36.4 Å². The molecule has 0 saturated carbocycles. The topological polar surface area (TPSA) is 12.5 Å². The Labute approximate surface area is 140 Å². The Morgan fingerprint density at radius 2 is 1.77 bits per heavy atom. The van der Waals surface area contributed by atoms with E-state index in [9.17, 15) is 0 Å². The normalized spacial score (nSPS) is 10.4. The molecule has 0 saturated heterocycles. The lowest BCUT2D eigenvalue weighted by Gasteiger charge is -2.13. The fourth-order valence-corrected chi connectivity index (χ4v) is 3.52. The summed E-state index contributed by atoms with van der Waals surface area (Å²) in [5.41, 5.74) is 1.34. The number of hydrogen-bond acceptors (Lipinski definition) is 3. The second-order valence-electron chi connectivity index (χ2n) is 5.39. The second-order valence-corrected chi connectivity index (χ2v) is 6.42. The van der Waals surface area contributed by atoms with Crippen LogP contribution >= 0.6 is 11.3 Å². The van der Waals surface area contributed by atoms with E-state index in [4.69, 9.17) is 4.74 Å². The average Bonchev–Trinajstić information content (AvgIpc) is 2.92. The van der Waals surface area contributed by atoms with E-state index in [-0.39, 0.29) is 0 Å². The third-order valence-corrected chi connectivity index (χ3v) is 4.85. The highest BCUT2D eigenvalue weighted by Crippen LogP contribution is 2.37. The predicted octanol–water partition coefficient (Wildman–Crippen LogP) is 6.09. The van der Waals surface area contributed by atoms with Crippen molar-refractivity contribution in [3.05, 3.63) is 29.8 Å². The zero-order valence-electron chi connectivity index (χ0n) is 14.8. The van der Waals surface area contributed by atoms with Gasteiger partial charge in [0.25, 0.3) is 0 Å². The van der Waals surface area contributed by atoms with Crippen molar-refractivity contribution >= 4 is 26.4 Å². The minimum absolute atomic E-state index is 0.726. The van der Waals surface area contributed by atoms with E-state index >= 15 is 0 Å². The van der Waals surface area contributed by atoms with E-state index in [2.05, 4.69) is 50.2 Å². The zero-order chi connectivity index (χ0) is 16.4. The van der Waals surface area contributed by atoms with Gasteiger partial charge < -0.3 is 9.64 Å². The monoisotopic (exact) mass is 321 g/mol. The van der Waals surface area contributed by atoms with Crippen molar-refractivity contribution in [2.45, 2.75) is 53.1 Å². The van der Waals surface area contributed by atoms with Gasteiger partial charge >= 0.3 is 0 Å². The number of benzene rings is 1. The average molecular weight is 322 g/mol. The molecule has 0 aliphatic carbocycles. The molecule has 0 spiro atoms. The lowest BCUT2D eigenvalue weighted by atomic mass is 10.1. The summed E-state index contributed by atoms with van der Waals surface area (Å²) in [5, 5.41) is 2.66. The van der Waals surface area contributed by atoms with Crippen LogP contribution < -0.4 is 4.90 Å². The fourth-order valence-electron chi connectivity index (χ4n) is 2.39. The Morgan fingerprint density at radius 3 is 2.45 bits per heavy atom. The molecule has 0 bridgehead atoms. The minimum Gasteiger partial charge on any atom is -0.377 e. The van der Waals surface area contributed by atoms with Crippen LogP contribution in [0.4, 0.5) is 5.00 Å². The Morgan fingerprint density at radius 1 is 1.05 bits per heavy atom. The maximum Gasteiger partial charge on any atom is 0.0971 e. The van der Waals surface area contributed by atoms with Gasteiger partial charge in [-0.25, -0.2) is 0 Å². The van der Waals surface area contributed by atoms with Crippen LogP contribution in [-0.2, 0) is 11.3 Å². The van der Waals surface area contributed by atoms with Gasteiger partial charge in [-0.05, 0) is 12.5 Å². The Hall–Kier alpha value is -1.06. The Bertz CT molecular complexity index is 533. The molecule has 0 aliphatic rings. The van der Waals surface area contributed by atoms with Crippen molar-refractivity contribution in [1.29, 1.82) is 0 Å². The van der Waals surface area contributed by atoms with Crippen LogP contribution in [0.1, 0.15) is 52.0 Å². The SMILES string of the molecule is CC.CCCCCCOCc1c(N(C)C)sc2ccccc12. The van der Waals surface area contributed by atoms with Crippen LogP contribution in [0, 0.1) is 0 Å². The molecule has 0 fully saturated rings. The Balaban J connectivity index is 0.00000116. The van der Waals surface area contributed by atoms with E-state index in [1.54, 1.807) is 0 Å². The van der Waals surface area contributed by atoms with Crippen LogP contribution in [0.2, 0.25) is 0 Å². The van der Waals surface area contributed by atoms with Crippen molar-refractivity contribution in [3.8, 4) is 0 Å².